The Balaban J connectivity index is 1.58. The number of carbonyl (C=O) groups excluding carboxylic acids is 1. The van der Waals surface area contributed by atoms with Gasteiger partial charge < -0.3 is 14.4 Å². The molecule has 30 heavy (non-hydrogen) atoms. The molecule has 160 valence electrons. The number of nitrogens with zero attached hydrogens (tertiary/aromatic N) is 4. The van der Waals surface area contributed by atoms with Gasteiger partial charge in [-0.25, -0.2) is 19.2 Å². The lowest BCUT2D eigenvalue weighted by Crippen LogP contribution is -2.51. The maximum Gasteiger partial charge on any atom is 0.341 e. The first-order valence-corrected chi connectivity index (χ1v) is 10.0. The van der Waals surface area contributed by atoms with Crippen molar-refractivity contribution in [1.82, 2.24) is 14.9 Å². The largest absolute Gasteiger partial charge is 0.462 e. The number of anilines is 1. The fraction of sp³-hybridized carbons (Fsp3) is 0.409. The molecular weight excluding hydrogens is 387 g/mol. The normalized spacial score (nSPS) is 16.0. The Labute approximate surface area is 176 Å². The van der Waals surface area contributed by atoms with Crippen LogP contribution in [0.15, 0.2) is 42.7 Å². The first kappa shape index (κ1) is 21.9. The molecule has 1 aliphatic heterocycles. The van der Waals surface area contributed by atoms with Crippen LogP contribution in [0.3, 0.4) is 0 Å². The molecule has 0 N–H and O–H groups in total. The van der Waals surface area contributed by atoms with E-state index >= 15 is 0 Å². The molecule has 0 saturated carbocycles. The molecule has 1 aromatic carbocycles. The molecule has 0 aliphatic carbocycles. The number of methoxy groups -OCH3 is 1. The summed E-state index contributed by atoms with van der Waals surface area (Å²) in [4.78, 5) is 24.8. The fourth-order valence-electron chi connectivity index (χ4n) is 3.31. The van der Waals surface area contributed by atoms with Crippen LogP contribution < -0.4 is 4.90 Å². The highest BCUT2D eigenvalue weighted by molar-refractivity contribution is 5.88. The second-order valence-electron chi connectivity index (χ2n) is 6.95. The van der Waals surface area contributed by atoms with Gasteiger partial charge in [0, 0.05) is 45.7 Å². The molecule has 3 rings (SSSR count). The van der Waals surface area contributed by atoms with Gasteiger partial charge in [0.15, 0.2) is 0 Å². The average molecular weight is 414 g/mol. The third-order valence-electron chi connectivity index (χ3n) is 4.93. The van der Waals surface area contributed by atoms with Crippen LogP contribution in [-0.4, -0.2) is 73.4 Å². The van der Waals surface area contributed by atoms with Gasteiger partial charge in [-0.2, -0.15) is 0 Å². The minimum atomic E-state index is -0.413. The first-order valence-electron chi connectivity index (χ1n) is 10.0. The molecule has 1 aromatic heterocycles. The van der Waals surface area contributed by atoms with E-state index in [0.29, 0.717) is 24.7 Å². The topological polar surface area (TPSA) is 67.8 Å². The monoisotopic (exact) mass is 414 g/mol. The van der Waals surface area contributed by atoms with E-state index in [2.05, 4.69) is 25.8 Å². The van der Waals surface area contributed by atoms with Crippen LogP contribution in [0.4, 0.5) is 10.3 Å². The molecule has 2 aromatic rings. The zero-order valence-electron chi connectivity index (χ0n) is 17.3. The van der Waals surface area contributed by atoms with Crippen LogP contribution in [0.25, 0.3) is 6.08 Å². The number of esters is 1. The van der Waals surface area contributed by atoms with Crippen LogP contribution in [0, 0.1) is 5.82 Å². The van der Waals surface area contributed by atoms with E-state index in [9.17, 15) is 9.18 Å². The van der Waals surface area contributed by atoms with Crippen molar-refractivity contribution in [3.8, 4) is 0 Å². The molecule has 1 unspecified atom stereocenters. The van der Waals surface area contributed by atoms with Crippen LogP contribution >= 0.6 is 0 Å². The number of halogens is 1. The maximum absolute atomic E-state index is 13.1. The van der Waals surface area contributed by atoms with E-state index in [4.69, 9.17) is 9.47 Å². The van der Waals surface area contributed by atoms with Crippen molar-refractivity contribution in [1.29, 1.82) is 0 Å². The van der Waals surface area contributed by atoms with Gasteiger partial charge in [-0.1, -0.05) is 24.3 Å². The second-order valence-corrected chi connectivity index (χ2v) is 6.95. The van der Waals surface area contributed by atoms with Crippen molar-refractivity contribution in [2.24, 2.45) is 0 Å². The lowest BCUT2D eigenvalue weighted by Gasteiger charge is -2.38. The second kappa shape index (κ2) is 10.8. The van der Waals surface area contributed by atoms with Gasteiger partial charge in [-0.3, -0.25) is 4.90 Å². The van der Waals surface area contributed by atoms with Crippen molar-refractivity contribution >= 4 is 18.0 Å². The highest BCUT2D eigenvalue weighted by atomic mass is 19.1. The minimum absolute atomic E-state index is 0.120. The Morgan fingerprint density at radius 3 is 2.43 bits per heavy atom. The van der Waals surface area contributed by atoms with Crippen molar-refractivity contribution in [2.45, 2.75) is 13.0 Å². The molecule has 8 heteroatoms. The summed E-state index contributed by atoms with van der Waals surface area (Å²) in [6.45, 7) is 5.84. The number of aromatic nitrogens is 2. The number of hydrogen-bond acceptors (Lipinski definition) is 7. The van der Waals surface area contributed by atoms with E-state index in [1.165, 1.54) is 24.5 Å². The Morgan fingerprint density at radius 2 is 1.83 bits per heavy atom. The van der Waals surface area contributed by atoms with E-state index in [1.54, 1.807) is 26.2 Å². The van der Waals surface area contributed by atoms with Gasteiger partial charge in [-0.15, -0.1) is 0 Å². The lowest BCUT2D eigenvalue weighted by atomic mass is 10.1. The molecule has 1 aliphatic rings. The van der Waals surface area contributed by atoms with Crippen molar-refractivity contribution in [2.75, 3.05) is 51.4 Å². The third-order valence-corrected chi connectivity index (χ3v) is 4.93. The van der Waals surface area contributed by atoms with Gasteiger partial charge in [0.1, 0.15) is 5.82 Å². The lowest BCUT2D eigenvalue weighted by molar-refractivity contribution is 0.0525. The van der Waals surface area contributed by atoms with Gasteiger partial charge in [-0.05, 0) is 24.6 Å². The smallest absolute Gasteiger partial charge is 0.341 e. The molecule has 0 bridgehead atoms. The molecule has 1 saturated heterocycles. The predicted octanol–water partition coefficient (Wildman–Crippen LogP) is 2.64. The zero-order valence-corrected chi connectivity index (χ0v) is 17.3. The highest BCUT2D eigenvalue weighted by Crippen LogP contribution is 2.15. The summed E-state index contributed by atoms with van der Waals surface area (Å²) in [6.07, 6.45) is 7.10. The molecule has 2 heterocycles. The number of carbonyl (C=O) groups is 1. The van der Waals surface area contributed by atoms with Crippen molar-refractivity contribution < 1.29 is 18.7 Å². The van der Waals surface area contributed by atoms with Gasteiger partial charge in [0.05, 0.1) is 24.8 Å². The van der Waals surface area contributed by atoms with Crippen molar-refractivity contribution in [3.63, 3.8) is 0 Å². The Kier molecular flexibility index (Phi) is 7.87. The predicted molar refractivity (Wildman–Crippen MR) is 113 cm³/mol. The molecule has 0 amide bonds. The van der Waals surface area contributed by atoms with Crippen LogP contribution in [0.2, 0.25) is 0 Å². The summed E-state index contributed by atoms with van der Waals surface area (Å²) in [7, 11) is 1.69. The van der Waals surface area contributed by atoms with E-state index in [1.807, 2.05) is 6.08 Å². The standard InChI is InChI=1S/C22H27FN4O3/c1-3-30-21(28)18-14-24-22(25-15-18)27-12-10-26(11-13-27)20(16-29-2)9-6-17-4-7-19(23)8-5-17/h4-9,14-15,20H,3,10-13,16H2,1-2H3/b9-6+. The van der Waals surface area contributed by atoms with Gasteiger partial charge in [0.2, 0.25) is 5.95 Å². The first-order chi connectivity index (χ1) is 14.6. The summed E-state index contributed by atoms with van der Waals surface area (Å²) < 4.78 is 23.4. The van der Waals surface area contributed by atoms with E-state index < -0.39 is 5.97 Å². The Morgan fingerprint density at radius 1 is 1.17 bits per heavy atom. The van der Waals surface area contributed by atoms with Crippen LogP contribution in [0.1, 0.15) is 22.8 Å². The van der Waals surface area contributed by atoms with Crippen LogP contribution in [0.5, 0.6) is 0 Å². The summed E-state index contributed by atoms with van der Waals surface area (Å²) in [6, 6.07) is 6.54. The summed E-state index contributed by atoms with van der Waals surface area (Å²) in [5, 5.41) is 0. The van der Waals surface area contributed by atoms with Gasteiger partial charge in [0.25, 0.3) is 0 Å². The number of benzene rings is 1. The summed E-state index contributed by atoms with van der Waals surface area (Å²) in [5.41, 5.74) is 1.30. The third kappa shape index (κ3) is 5.84. The molecule has 7 nitrogen and oxygen atoms in total. The number of piperazine rings is 1. The zero-order chi connectivity index (χ0) is 21.3. The van der Waals surface area contributed by atoms with Crippen LogP contribution in [-0.2, 0) is 9.47 Å². The number of ether oxygens (including phenoxy) is 2. The number of hydrogen-bond donors (Lipinski definition) is 0. The highest BCUT2D eigenvalue weighted by Gasteiger charge is 2.24. The molecule has 0 spiro atoms. The summed E-state index contributed by atoms with van der Waals surface area (Å²) >= 11 is 0. The maximum atomic E-state index is 13.1. The quantitative estimate of drug-likeness (QED) is 0.615. The average Bonchev–Trinajstić information content (AvgIpc) is 2.78. The van der Waals surface area contributed by atoms with E-state index in [-0.39, 0.29) is 11.9 Å². The molecule has 1 atom stereocenters. The molecule has 0 radical (unpaired) electrons. The molecule has 1 fully saturated rings. The Hall–Kier alpha value is -2.84. The van der Waals surface area contributed by atoms with E-state index in [0.717, 1.165) is 31.7 Å². The fourth-order valence-corrected chi connectivity index (χ4v) is 3.31. The van der Waals surface area contributed by atoms with Gasteiger partial charge >= 0.3 is 5.97 Å². The Bertz CT molecular complexity index is 834. The van der Waals surface area contributed by atoms with Crippen molar-refractivity contribution in [3.05, 3.63) is 59.7 Å². The summed E-state index contributed by atoms with van der Waals surface area (Å²) in [5.74, 6) is -0.0497. The SMILES string of the molecule is CCOC(=O)c1cnc(N2CCN(C(/C=C/c3ccc(F)cc3)COC)CC2)nc1. The minimum Gasteiger partial charge on any atom is -0.462 e. The number of rotatable bonds is 8. The molecular formula is C22H27FN4O3.